The van der Waals surface area contributed by atoms with Crippen LogP contribution >= 0.6 is 0 Å². The van der Waals surface area contributed by atoms with Crippen molar-refractivity contribution in [1.82, 2.24) is 26.6 Å². The van der Waals surface area contributed by atoms with E-state index in [4.69, 9.17) is 5.73 Å². The van der Waals surface area contributed by atoms with Gasteiger partial charge in [-0.3, -0.25) is 24.0 Å². The molecule has 0 aliphatic heterocycles. The number of carbonyl (C=O) groups excluding carboxylic acids is 5. The van der Waals surface area contributed by atoms with Crippen LogP contribution in [-0.2, 0) is 24.0 Å². The molecule has 0 aromatic carbocycles. The number of nitrogens with one attached hydrogen (secondary N) is 5. The molecule has 0 spiro atoms. The molecular weight excluding hydrogens is 344 g/mol. The van der Waals surface area contributed by atoms with Crippen molar-refractivity contribution < 1.29 is 24.0 Å². The number of hydrogen-bond donors (Lipinski definition) is 6. The van der Waals surface area contributed by atoms with Gasteiger partial charge < -0.3 is 32.3 Å². The zero-order valence-corrected chi connectivity index (χ0v) is 15.3. The molecule has 11 nitrogen and oxygen atoms in total. The summed E-state index contributed by atoms with van der Waals surface area (Å²) in [4.78, 5) is 57.5. The van der Waals surface area contributed by atoms with Crippen LogP contribution in [0.1, 0.15) is 20.3 Å². The summed E-state index contributed by atoms with van der Waals surface area (Å²) >= 11 is 0. The SMILES string of the molecule is CNCC(=O)NCC(=O)N[C@H](CC(C)C)C(=O)NCC(=O)NCC(N)=O. The standard InChI is InChI=1S/C15H28N6O5/c1-9(2)4-10(21-14(25)8-19-12(23)6-17-3)15(26)20-7-13(24)18-5-11(16)22/h9-10,17H,4-8H2,1-3H3,(H2,16,22)(H,18,24)(H,19,23)(H,20,26)(H,21,25)/t10-/m1/s1. The molecule has 1 atom stereocenters. The minimum absolute atomic E-state index is 0.0730. The molecule has 0 saturated heterocycles. The maximum absolute atomic E-state index is 12.2. The van der Waals surface area contributed by atoms with E-state index in [0.717, 1.165) is 0 Å². The molecule has 11 heteroatoms. The predicted octanol–water partition coefficient (Wildman–Crippen LogP) is -3.43. The van der Waals surface area contributed by atoms with E-state index in [0.29, 0.717) is 6.42 Å². The van der Waals surface area contributed by atoms with Gasteiger partial charge in [-0.15, -0.1) is 0 Å². The highest BCUT2D eigenvalue weighted by Crippen LogP contribution is 2.04. The maximum atomic E-state index is 12.2. The van der Waals surface area contributed by atoms with Gasteiger partial charge in [-0.2, -0.15) is 0 Å². The lowest BCUT2D eigenvalue weighted by Gasteiger charge is -2.20. The highest BCUT2D eigenvalue weighted by molar-refractivity contribution is 5.92. The summed E-state index contributed by atoms with van der Waals surface area (Å²) in [6.07, 6.45) is 0.352. The van der Waals surface area contributed by atoms with E-state index in [1.807, 2.05) is 13.8 Å². The minimum atomic E-state index is -0.854. The normalized spacial score (nSPS) is 11.4. The summed E-state index contributed by atoms with van der Waals surface area (Å²) in [6, 6.07) is -0.854. The Bertz CT molecular complexity index is 523. The third kappa shape index (κ3) is 11.8. The molecule has 0 heterocycles. The zero-order chi connectivity index (χ0) is 20.1. The van der Waals surface area contributed by atoms with Crippen molar-refractivity contribution in [3.05, 3.63) is 0 Å². The second kappa shape index (κ2) is 12.6. The summed E-state index contributed by atoms with van der Waals surface area (Å²) in [5.41, 5.74) is 4.90. The van der Waals surface area contributed by atoms with Crippen LogP contribution in [0.15, 0.2) is 0 Å². The van der Waals surface area contributed by atoms with Crippen LogP contribution in [0.4, 0.5) is 0 Å². The van der Waals surface area contributed by atoms with E-state index in [9.17, 15) is 24.0 Å². The van der Waals surface area contributed by atoms with E-state index < -0.39 is 29.7 Å². The largest absolute Gasteiger partial charge is 0.368 e. The lowest BCUT2D eigenvalue weighted by molar-refractivity contribution is -0.131. The summed E-state index contributed by atoms with van der Waals surface area (Å²) in [5, 5.41) is 12.2. The van der Waals surface area contributed by atoms with Crippen molar-refractivity contribution in [2.45, 2.75) is 26.3 Å². The number of likely N-dealkylation sites (N-methyl/N-ethyl adjacent to an activating group) is 1. The van der Waals surface area contributed by atoms with Crippen LogP contribution in [0.5, 0.6) is 0 Å². The molecule has 0 unspecified atom stereocenters. The average Bonchev–Trinajstić information content (AvgIpc) is 2.55. The van der Waals surface area contributed by atoms with Crippen LogP contribution in [-0.4, -0.2) is 68.8 Å². The molecule has 0 bridgehead atoms. The molecule has 0 aromatic rings. The highest BCUT2D eigenvalue weighted by atomic mass is 16.2. The van der Waals surface area contributed by atoms with Gasteiger partial charge in [0.15, 0.2) is 0 Å². The third-order valence-corrected chi connectivity index (χ3v) is 3.03. The van der Waals surface area contributed by atoms with Gasteiger partial charge in [0, 0.05) is 0 Å². The molecule has 0 fully saturated rings. The molecule has 7 N–H and O–H groups in total. The number of primary amides is 1. The molecule has 148 valence electrons. The zero-order valence-electron chi connectivity index (χ0n) is 15.3. The summed E-state index contributed by atoms with van der Waals surface area (Å²) in [7, 11) is 1.60. The highest BCUT2D eigenvalue weighted by Gasteiger charge is 2.22. The molecule has 0 radical (unpaired) electrons. The van der Waals surface area contributed by atoms with E-state index in [2.05, 4.69) is 26.6 Å². The quantitative estimate of drug-likeness (QED) is 0.208. The lowest BCUT2D eigenvalue weighted by atomic mass is 10.0. The topological polar surface area (TPSA) is 172 Å². The number of nitrogens with two attached hydrogens (primary N) is 1. The molecular formula is C15H28N6O5. The van der Waals surface area contributed by atoms with Gasteiger partial charge >= 0.3 is 0 Å². The van der Waals surface area contributed by atoms with Gasteiger partial charge in [0.1, 0.15) is 6.04 Å². The minimum Gasteiger partial charge on any atom is -0.368 e. The van der Waals surface area contributed by atoms with Crippen molar-refractivity contribution in [3.63, 3.8) is 0 Å². The molecule has 26 heavy (non-hydrogen) atoms. The maximum Gasteiger partial charge on any atom is 0.243 e. The lowest BCUT2D eigenvalue weighted by Crippen LogP contribution is -2.52. The fraction of sp³-hybridized carbons (Fsp3) is 0.667. The van der Waals surface area contributed by atoms with Crippen LogP contribution in [0.25, 0.3) is 0 Å². The van der Waals surface area contributed by atoms with Crippen LogP contribution in [0.2, 0.25) is 0 Å². The number of rotatable bonds is 12. The number of hydrogen-bond acceptors (Lipinski definition) is 6. The molecule has 5 amide bonds. The van der Waals surface area contributed by atoms with Crippen molar-refractivity contribution in [2.24, 2.45) is 11.7 Å². The third-order valence-electron chi connectivity index (χ3n) is 3.03. The van der Waals surface area contributed by atoms with E-state index in [1.54, 1.807) is 7.05 Å². The first-order chi connectivity index (χ1) is 12.1. The van der Waals surface area contributed by atoms with Crippen molar-refractivity contribution in [3.8, 4) is 0 Å². The van der Waals surface area contributed by atoms with Crippen LogP contribution < -0.4 is 32.3 Å². The summed E-state index contributed by atoms with van der Waals surface area (Å²) in [6.45, 7) is 2.88. The number of carbonyl (C=O) groups is 5. The van der Waals surface area contributed by atoms with Crippen molar-refractivity contribution >= 4 is 29.5 Å². The molecule has 0 aliphatic carbocycles. The first kappa shape index (κ1) is 23.3. The second-order valence-corrected chi connectivity index (χ2v) is 6.02. The van der Waals surface area contributed by atoms with E-state index >= 15 is 0 Å². The van der Waals surface area contributed by atoms with E-state index in [-0.39, 0.29) is 38.0 Å². The smallest absolute Gasteiger partial charge is 0.243 e. The summed E-state index contributed by atoms with van der Waals surface area (Å²) in [5.74, 6) is -2.58. The Hall–Kier alpha value is -2.69. The molecule has 0 aliphatic rings. The van der Waals surface area contributed by atoms with Crippen LogP contribution in [0.3, 0.4) is 0 Å². The fourth-order valence-electron chi connectivity index (χ4n) is 1.89. The van der Waals surface area contributed by atoms with Crippen LogP contribution in [0, 0.1) is 5.92 Å². The van der Waals surface area contributed by atoms with Crippen molar-refractivity contribution in [2.75, 3.05) is 33.2 Å². The Kier molecular flexibility index (Phi) is 11.3. The number of amides is 5. The Labute approximate surface area is 152 Å². The first-order valence-electron chi connectivity index (χ1n) is 8.19. The Morgan fingerprint density at radius 2 is 1.35 bits per heavy atom. The summed E-state index contributed by atoms with van der Waals surface area (Å²) < 4.78 is 0. The van der Waals surface area contributed by atoms with Gasteiger partial charge in [0.2, 0.25) is 29.5 Å². The monoisotopic (exact) mass is 372 g/mol. The second-order valence-electron chi connectivity index (χ2n) is 6.02. The van der Waals surface area contributed by atoms with Gasteiger partial charge in [0.05, 0.1) is 26.2 Å². The molecule has 0 saturated carbocycles. The Balaban J connectivity index is 4.50. The average molecular weight is 372 g/mol. The fourth-order valence-corrected chi connectivity index (χ4v) is 1.89. The molecule has 0 rings (SSSR count). The van der Waals surface area contributed by atoms with Crippen molar-refractivity contribution in [1.29, 1.82) is 0 Å². The predicted molar refractivity (Wildman–Crippen MR) is 93.5 cm³/mol. The Morgan fingerprint density at radius 1 is 0.808 bits per heavy atom. The first-order valence-corrected chi connectivity index (χ1v) is 8.19. The van der Waals surface area contributed by atoms with Gasteiger partial charge in [-0.05, 0) is 19.4 Å². The van der Waals surface area contributed by atoms with E-state index in [1.165, 1.54) is 0 Å². The van der Waals surface area contributed by atoms with Gasteiger partial charge in [-0.1, -0.05) is 13.8 Å². The van der Waals surface area contributed by atoms with Gasteiger partial charge in [0.25, 0.3) is 0 Å². The van der Waals surface area contributed by atoms with Gasteiger partial charge in [-0.25, -0.2) is 0 Å². The molecule has 0 aromatic heterocycles. The Morgan fingerprint density at radius 3 is 1.88 bits per heavy atom.